The lowest BCUT2D eigenvalue weighted by Crippen LogP contribution is -2.65. The number of rotatable bonds is 15. The van der Waals surface area contributed by atoms with Crippen LogP contribution in [0.25, 0.3) is 0 Å². The highest BCUT2D eigenvalue weighted by Gasteiger charge is 2.47. The van der Waals surface area contributed by atoms with E-state index in [1.54, 1.807) is 6.92 Å². The van der Waals surface area contributed by atoms with Crippen LogP contribution in [-0.4, -0.2) is 120 Å². The zero-order valence-corrected chi connectivity index (χ0v) is 24.4. The molecule has 1 aliphatic heterocycles. The number of carbonyl (C=O) groups excluding carboxylic acids is 4. The average molecular weight is 598 g/mol. The fourth-order valence-corrected chi connectivity index (χ4v) is 4.67. The van der Waals surface area contributed by atoms with E-state index < -0.39 is 79.2 Å². The summed E-state index contributed by atoms with van der Waals surface area (Å²) in [5.41, 5.74) is 6.77. The molecule has 6 N–H and O–H groups in total. The normalized spacial score (nSPS) is 24.1. The number of nitrogens with two attached hydrogens (primary N) is 1. The lowest BCUT2D eigenvalue weighted by molar-refractivity contribution is -0.268. The Morgan fingerprint density at radius 2 is 1.74 bits per heavy atom. The van der Waals surface area contributed by atoms with Gasteiger partial charge in [0.1, 0.15) is 30.4 Å². The summed E-state index contributed by atoms with van der Waals surface area (Å²) in [4.78, 5) is 51.4. The second kappa shape index (κ2) is 17.1. The maximum absolute atomic E-state index is 13.1. The summed E-state index contributed by atoms with van der Waals surface area (Å²) < 4.78 is 20.9. The Bertz CT molecular complexity index is 1030. The van der Waals surface area contributed by atoms with Gasteiger partial charge >= 0.3 is 11.9 Å². The van der Waals surface area contributed by atoms with Gasteiger partial charge in [-0.1, -0.05) is 30.3 Å². The molecule has 42 heavy (non-hydrogen) atoms. The highest BCUT2D eigenvalue weighted by molar-refractivity contribution is 5.87. The first-order valence-electron chi connectivity index (χ1n) is 13.7. The van der Waals surface area contributed by atoms with E-state index in [1.807, 2.05) is 30.3 Å². The molecule has 14 nitrogen and oxygen atoms in total. The molecular formula is C28H43N3O11. The number of nitrogens with one attached hydrogen (secondary N) is 1. The van der Waals surface area contributed by atoms with Gasteiger partial charge in [0.25, 0.3) is 0 Å². The van der Waals surface area contributed by atoms with Crippen molar-refractivity contribution in [3.05, 3.63) is 35.9 Å². The molecular weight excluding hydrogens is 554 g/mol. The Kier molecular flexibility index (Phi) is 14.3. The number of benzene rings is 1. The number of methoxy groups -OCH3 is 2. The number of hydrogen-bond acceptors (Lipinski definition) is 12. The number of ether oxygens (including phenoxy) is 4. The van der Waals surface area contributed by atoms with Gasteiger partial charge in [-0.05, 0) is 32.3 Å². The topological polar surface area (TPSA) is 207 Å². The zero-order chi connectivity index (χ0) is 31.4. The fraction of sp³-hybridized carbons (Fsp3) is 0.643. The van der Waals surface area contributed by atoms with E-state index in [0.717, 1.165) is 17.6 Å². The van der Waals surface area contributed by atoms with Crippen LogP contribution in [0.15, 0.2) is 30.3 Å². The minimum Gasteiger partial charge on any atom is -0.469 e. The summed E-state index contributed by atoms with van der Waals surface area (Å²) in [6, 6.07) is 5.84. The predicted octanol–water partition coefficient (Wildman–Crippen LogP) is -1.38. The van der Waals surface area contributed by atoms with Crippen molar-refractivity contribution in [3.8, 4) is 0 Å². The van der Waals surface area contributed by atoms with Gasteiger partial charge in [-0.3, -0.25) is 14.4 Å². The average Bonchev–Trinajstić information content (AvgIpc) is 2.98. The number of amides is 2. The monoisotopic (exact) mass is 597 g/mol. The third kappa shape index (κ3) is 10.00. The van der Waals surface area contributed by atoms with Crippen LogP contribution in [0.2, 0.25) is 0 Å². The molecule has 1 fully saturated rings. The first kappa shape index (κ1) is 35.1. The van der Waals surface area contributed by atoms with Gasteiger partial charge < -0.3 is 50.2 Å². The van der Waals surface area contributed by atoms with Crippen molar-refractivity contribution in [1.29, 1.82) is 0 Å². The van der Waals surface area contributed by atoms with Gasteiger partial charge in [0.05, 0.1) is 33.0 Å². The Hall–Kier alpha value is -3.14. The molecule has 14 heteroatoms. The SMILES string of the molecule is COC(=O)CC[C@H](C(=O)OC)N(CC(C)O[C@H]1[C@H](O)[C@@H](CO)O[C@H](O)[C@@H]1NC(=O)CCc1ccccc1)C(=O)[C@H](C)N. The van der Waals surface area contributed by atoms with Gasteiger partial charge in [-0.15, -0.1) is 0 Å². The Morgan fingerprint density at radius 1 is 1.07 bits per heavy atom. The molecule has 0 aliphatic carbocycles. The number of nitrogens with zero attached hydrogens (tertiary/aromatic N) is 1. The largest absolute Gasteiger partial charge is 0.469 e. The first-order chi connectivity index (χ1) is 19.9. The van der Waals surface area contributed by atoms with Crippen LogP contribution in [-0.2, 0) is 44.5 Å². The van der Waals surface area contributed by atoms with Crippen LogP contribution in [0.5, 0.6) is 0 Å². The van der Waals surface area contributed by atoms with Crippen molar-refractivity contribution in [1.82, 2.24) is 10.2 Å². The van der Waals surface area contributed by atoms with Crippen molar-refractivity contribution in [2.24, 2.45) is 5.73 Å². The van der Waals surface area contributed by atoms with E-state index in [1.165, 1.54) is 14.0 Å². The predicted molar refractivity (Wildman–Crippen MR) is 147 cm³/mol. The zero-order valence-electron chi connectivity index (χ0n) is 24.4. The standard InChI is InChI=1S/C28H43N3O11/c1-16(14-31(26(36)17(2)29)19(27(37)40-4)11-13-22(34)39-3)41-25-23(28(38)42-20(15-32)24(25)35)30-21(33)12-10-18-8-6-5-7-9-18/h5-9,16-17,19-20,23-25,28,32,35,38H,10-15,29H2,1-4H3,(H,30,33)/t16?,17-,19+,20+,23+,24+,25+,28-/m0/s1. The van der Waals surface area contributed by atoms with Gasteiger partial charge in [-0.25, -0.2) is 4.79 Å². The van der Waals surface area contributed by atoms with Gasteiger partial charge in [-0.2, -0.15) is 0 Å². The Balaban J connectivity index is 2.24. The fourth-order valence-electron chi connectivity index (χ4n) is 4.67. The molecule has 0 bridgehead atoms. The van der Waals surface area contributed by atoms with Crippen LogP contribution < -0.4 is 11.1 Å². The van der Waals surface area contributed by atoms with E-state index in [-0.39, 0.29) is 25.8 Å². The van der Waals surface area contributed by atoms with Gasteiger partial charge in [0, 0.05) is 19.4 Å². The number of carbonyl (C=O) groups is 4. The molecule has 1 aromatic carbocycles. The Labute approximate surface area is 245 Å². The molecule has 1 unspecified atom stereocenters. The van der Waals surface area contributed by atoms with Crippen LogP contribution >= 0.6 is 0 Å². The Morgan fingerprint density at radius 3 is 2.31 bits per heavy atom. The van der Waals surface area contributed by atoms with Crippen LogP contribution in [0.4, 0.5) is 0 Å². The van der Waals surface area contributed by atoms with Gasteiger partial charge in [0.15, 0.2) is 6.29 Å². The van der Waals surface area contributed by atoms with Crippen molar-refractivity contribution in [2.75, 3.05) is 27.4 Å². The number of aliphatic hydroxyl groups is 3. The second-order valence-electron chi connectivity index (χ2n) is 10.2. The molecule has 1 heterocycles. The lowest BCUT2D eigenvalue weighted by Gasteiger charge is -2.44. The smallest absolute Gasteiger partial charge is 0.328 e. The summed E-state index contributed by atoms with van der Waals surface area (Å²) in [6.45, 7) is 2.10. The molecule has 1 aliphatic rings. The quantitative estimate of drug-likeness (QED) is 0.148. The van der Waals surface area contributed by atoms with Crippen molar-refractivity contribution in [2.45, 2.75) is 88.4 Å². The number of aliphatic hydroxyl groups excluding tert-OH is 3. The molecule has 0 saturated carbocycles. The highest BCUT2D eigenvalue weighted by atomic mass is 16.6. The van der Waals surface area contributed by atoms with Crippen molar-refractivity contribution in [3.63, 3.8) is 0 Å². The third-order valence-electron chi connectivity index (χ3n) is 6.90. The number of hydrogen-bond donors (Lipinski definition) is 5. The van der Waals surface area contributed by atoms with E-state index in [0.29, 0.717) is 6.42 Å². The van der Waals surface area contributed by atoms with Crippen LogP contribution in [0, 0.1) is 0 Å². The lowest BCUT2D eigenvalue weighted by atomic mass is 9.96. The highest BCUT2D eigenvalue weighted by Crippen LogP contribution is 2.25. The maximum Gasteiger partial charge on any atom is 0.328 e. The molecule has 2 amide bonds. The third-order valence-corrected chi connectivity index (χ3v) is 6.90. The molecule has 1 aromatic rings. The van der Waals surface area contributed by atoms with Crippen LogP contribution in [0.3, 0.4) is 0 Å². The van der Waals surface area contributed by atoms with Crippen molar-refractivity contribution < 1.29 is 53.4 Å². The summed E-state index contributed by atoms with van der Waals surface area (Å²) in [7, 11) is 2.34. The van der Waals surface area contributed by atoms with E-state index in [4.69, 9.17) is 19.9 Å². The first-order valence-corrected chi connectivity index (χ1v) is 13.7. The molecule has 0 radical (unpaired) electrons. The summed E-state index contributed by atoms with van der Waals surface area (Å²) in [6.07, 6.45) is -6.32. The molecule has 8 atom stereocenters. The second-order valence-corrected chi connectivity index (χ2v) is 10.2. The molecule has 1 saturated heterocycles. The molecule has 236 valence electrons. The van der Waals surface area contributed by atoms with E-state index >= 15 is 0 Å². The van der Waals surface area contributed by atoms with Gasteiger partial charge in [0.2, 0.25) is 11.8 Å². The minimum atomic E-state index is -1.63. The summed E-state index contributed by atoms with van der Waals surface area (Å²) in [5.74, 6) is -2.45. The van der Waals surface area contributed by atoms with Crippen LogP contribution in [0.1, 0.15) is 38.7 Å². The summed E-state index contributed by atoms with van der Waals surface area (Å²) >= 11 is 0. The number of esters is 2. The van der Waals surface area contributed by atoms with E-state index in [9.17, 15) is 34.5 Å². The van der Waals surface area contributed by atoms with E-state index in [2.05, 4.69) is 10.1 Å². The molecule has 2 rings (SSSR count). The summed E-state index contributed by atoms with van der Waals surface area (Å²) in [5, 5.41) is 33.9. The van der Waals surface area contributed by atoms with Crippen molar-refractivity contribution >= 4 is 23.8 Å². The molecule has 0 aromatic heterocycles. The minimum absolute atomic E-state index is 0.0761. The number of aryl methyl sites for hydroxylation is 1. The molecule has 0 spiro atoms. The maximum atomic E-state index is 13.1.